The zero-order valence-corrected chi connectivity index (χ0v) is 15.0. The maximum absolute atomic E-state index is 13.2. The van der Waals surface area contributed by atoms with Gasteiger partial charge in [-0.1, -0.05) is 30.3 Å². The Morgan fingerprint density at radius 2 is 1.48 bits per heavy atom. The molecule has 0 saturated heterocycles. The molecule has 0 spiro atoms. The molecule has 1 aliphatic rings. The third-order valence-electron chi connectivity index (χ3n) is 4.91. The van der Waals surface area contributed by atoms with Gasteiger partial charge in [-0.3, -0.25) is 4.79 Å². The zero-order valence-electron chi connectivity index (χ0n) is 15.0. The van der Waals surface area contributed by atoms with E-state index in [2.05, 4.69) is 44.2 Å². The fraction of sp³-hybridized carbons (Fsp3) is 0.476. The minimum Gasteiger partial charge on any atom is -0.362 e. The molecule has 0 amide bonds. The molecule has 0 fully saturated rings. The van der Waals surface area contributed by atoms with Crippen LogP contribution in [0.4, 0.5) is 0 Å². The maximum atomic E-state index is 13.2. The van der Waals surface area contributed by atoms with Crippen LogP contribution in [0.25, 0.3) is 10.8 Å². The number of rotatable bonds is 0. The Labute approximate surface area is 138 Å². The molecule has 1 aliphatic heterocycles. The van der Waals surface area contributed by atoms with Crippen LogP contribution in [0.15, 0.2) is 36.4 Å². The highest BCUT2D eigenvalue weighted by molar-refractivity contribution is 5.97. The van der Waals surface area contributed by atoms with Gasteiger partial charge in [-0.25, -0.2) is 0 Å². The van der Waals surface area contributed by atoms with Crippen LogP contribution in [0.5, 0.6) is 0 Å². The second kappa shape index (κ2) is 4.91. The quantitative estimate of drug-likeness (QED) is 0.697. The SMILES string of the molecule is CC1(C)Cc2cc3ccccc3cc2C(C)(C)C(=O)C(C)(C)O1. The minimum absolute atomic E-state index is 0.134. The van der Waals surface area contributed by atoms with Gasteiger partial charge in [0.1, 0.15) is 5.60 Å². The van der Waals surface area contributed by atoms with Crippen molar-refractivity contribution in [2.24, 2.45) is 0 Å². The second-order valence-electron chi connectivity index (χ2n) is 8.36. The lowest BCUT2D eigenvalue weighted by molar-refractivity contribution is -0.166. The first-order valence-corrected chi connectivity index (χ1v) is 8.30. The van der Waals surface area contributed by atoms with Crippen molar-refractivity contribution in [2.75, 3.05) is 0 Å². The number of benzene rings is 2. The van der Waals surface area contributed by atoms with E-state index in [-0.39, 0.29) is 11.4 Å². The van der Waals surface area contributed by atoms with Crippen molar-refractivity contribution in [2.45, 2.75) is 64.6 Å². The number of hydrogen-bond acceptors (Lipinski definition) is 2. The molecule has 1 heterocycles. The molecule has 122 valence electrons. The van der Waals surface area contributed by atoms with Crippen LogP contribution in [0, 0.1) is 0 Å². The molecule has 2 aromatic rings. The van der Waals surface area contributed by atoms with Crippen LogP contribution >= 0.6 is 0 Å². The van der Waals surface area contributed by atoms with Gasteiger partial charge in [-0.2, -0.15) is 0 Å². The van der Waals surface area contributed by atoms with Crippen molar-refractivity contribution in [1.29, 1.82) is 0 Å². The highest BCUT2D eigenvalue weighted by atomic mass is 16.5. The van der Waals surface area contributed by atoms with E-state index in [4.69, 9.17) is 4.74 Å². The third kappa shape index (κ3) is 2.70. The minimum atomic E-state index is -0.795. The lowest BCUT2D eigenvalue weighted by atomic mass is 9.70. The summed E-state index contributed by atoms with van der Waals surface area (Å²) in [6.45, 7) is 12.0. The van der Waals surface area contributed by atoms with Crippen molar-refractivity contribution in [3.8, 4) is 0 Å². The molecule has 23 heavy (non-hydrogen) atoms. The summed E-state index contributed by atoms with van der Waals surface area (Å²) in [5, 5.41) is 2.40. The van der Waals surface area contributed by atoms with Gasteiger partial charge in [-0.05, 0) is 69.5 Å². The highest BCUT2D eigenvalue weighted by Gasteiger charge is 2.47. The Balaban J connectivity index is 2.31. The number of carbonyl (C=O) groups is 1. The smallest absolute Gasteiger partial charge is 0.173 e. The predicted octanol–water partition coefficient (Wildman–Crippen LogP) is 4.82. The van der Waals surface area contributed by atoms with Crippen molar-refractivity contribution in [3.63, 3.8) is 0 Å². The standard InChI is InChI=1S/C21H26O2/c1-19(2)13-16-11-14-9-7-8-10-15(14)12-17(16)20(3,4)18(22)21(5,6)23-19/h7-12H,13H2,1-6H3. The molecule has 0 atom stereocenters. The first kappa shape index (κ1) is 16.2. The fourth-order valence-electron chi connectivity index (χ4n) is 4.12. The first-order chi connectivity index (χ1) is 10.5. The van der Waals surface area contributed by atoms with E-state index < -0.39 is 11.0 Å². The Morgan fingerprint density at radius 3 is 2.09 bits per heavy atom. The van der Waals surface area contributed by atoms with E-state index in [1.54, 1.807) is 0 Å². The molecular weight excluding hydrogens is 284 g/mol. The molecule has 0 saturated carbocycles. The molecule has 0 unspecified atom stereocenters. The average molecular weight is 310 g/mol. The summed E-state index contributed by atoms with van der Waals surface area (Å²) in [6.07, 6.45) is 0.799. The number of fused-ring (bicyclic) bond motifs is 2. The van der Waals surface area contributed by atoms with Crippen LogP contribution in [-0.4, -0.2) is 17.0 Å². The molecule has 0 aliphatic carbocycles. The van der Waals surface area contributed by atoms with Crippen LogP contribution < -0.4 is 0 Å². The summed E-state index contributed by atoms with van der Waals surface area (Å²) >= 11 is 0. The van der Waals surface area contributed by atoms with E-state index >= 15 is 0 Å². The summed E-state index contributed by atoms with van der Waals surface area (Å²) in [5.74, 6) is 0.134. The molecule has 3 rings (SSSR count). The lowest BCUT2D eigenvalue weighted by Crippen LogP contribution is -2.52. The van der Waals surface area contributed by atoms with Crippen LogP contribution in [0.2, 0.25) is 0 Å². The normalized spacial score (nSPS) is 22.3. The first-order valence-electron chi connectivity index (χ1n) is 8.30. The maximum Gasteiger partial charge on any atom is 0.173 e. The van der Waals surface area contributed by atoms with Crippen LogP contribution in [0.1, 0.15) is 52.7 Å². The number of Topliss-reactive ketones (excluding diaryl/α,β-unsaturated/α-hetero) is 1. The Morgan fingerprint density at radius 1 is 0.913 bits per heavy atom. The number of carbonyl (C=O) groups excluding carboxylic acids is 1. The van der Waals surface area contributed by atoms with E-state index in [0.717, 1.165) is 12.0 Å². The van der Waals surface area contributed by atoms with Gasteiger partial charge in [0.15, 0.2) is 5.78 Å². The van der Waals surface area contributed by atoms with Gasteiger partial charge >= 0.3 is 0 Å². The third-order valence-corrected chi connectivity index (χ3v) is 4.91. The van der Waals surface area contributed by atoms with Crippen molar-refractivity contribution >= 4 is 16.6 Å². The molecule has 2 aromatic carbocycles. The summed E-state index contributed by atoms with van der Waals surface area (Å²) in [6, 6.07) is 12.8. The Kier molecular flexibility index (Phi) is 3.46. The molecule has 0 N–H and O–H groups in total. The van der Waals surface area contributed by atoms with E-state index in [9.17, 15) is 4.79 Å². The largest absolute Gasteiger partial charge is 0.362 e. The Hall–Kier alpha value is -1.67. The number of hydrogen-bond donors (Lipinski definition) is 0. The molecule has 0 radical (unpaired) electrons. The van der Waals surface area contributed by atoms with E-state index in [0.29, 0.717) is 0 Å². The van der Waals surface area contributed by atoms with Crippen molar-refractivity contribution in [1.82, 2.24) is 0 Å². The summed E-state index contributed by atoms with van der Waals surface area (Å²) in [7, 11) is 0. The van der Waals surface area contributed by atoms with Gasteiger partial charge in [0, 0.05) is 6.42 Å². The molecule has 2 heteroatoms. The van der Waals surface area contributed by atoms with E-state index in [1.165, 1.54) is 16.3 Å². The lowest BCUT2D eigenvalue weighted by Gasteiger charge is -2.43. The summed E-state index contributed by atoms with van der Waals surface area (Å²) in [4.78, 5) is 13.2. The van der Waals surface area contributed by atoms with Gasteiger partial charge in [0.25, 0.3) is 0 Å². The molecule has 0 aromatic heterocycles. The topological polar surface area (TPSA) is 26.3 Å². The monoisotopic (exact) mass is 310 g/mol. The van der Waals surface area contributed by atoms with Gasteiger partial charge in [-0.15, -0.1) is 0 Å². The summed E-state index contributed by atoms with van der Waals surface area (Å²) < 4.78 is 6.23. The van der Waals surface area contributed by atoms with Gasteiger partial charge in [0.2, 0.25) is 0 Å². The summed E-state index contributed by atoms with van der Waals surface area (Å²) in [5.41, 5.74) is 0.593. The number of ether oxygens (including phenoxy) is 1. The van der Waals surface area contributed by atoms with Crippen LogP contribution in [0.3, 0.4) is 0 Å². The Bertz CT molecular complexity index is 782. The number of ketones is 1. The zero-order chi connectivity index (χ0) is 17.0. The van der Waals surface area contributed by atoms with Crippen molar-refractivity contribution < 1.29 is 9.53 Å². The molecular formula is C21H26O2. The predicted molar refractivity (Wildman–Crippen MR) is 94.9 cm³/mol. The van der Waals surface area contributed by atoms with Crippen LogP contribution in [-0.2, 0) is 21.4 Å². The fourth-order valence-corrected chi connectivity index (χ4v) is 4.12. The molecule has 2 nitrogen and oxygen atoms in total. The average Bonchev–Trinajstić information content (AvgIpc) is 2.43. The molecule has 0 bridgehead atoms. The van der Waals surface area contributed by atoms with Gasteiger partial charge < -0.3 is 4.74 Å². The van der Waals surface area contributed by atoms with E-state index in [1.807, 2.05) is 33.8 Å². The highest BCUT2D eigenvalue weighted by Crippen LogP contribution is 2.40. The van der Waals surface area contributed by atoms with Crippen molar-refractivity contribution in [3.05, 3.63) is 47.5 Å². The van der Waals surface area contributed by atoms with Gasteiger partial charge in [0.05, 0.1) is 11.0 Å². The second-order valence-corrected chi connectivity index (χ2v) is 8.36.